The van der Waals surface area contributed by atoms with Crippen molar-refractivity contribution in [2.75, 3.05) is 26.4 Å². The van der Waals surface area contributed by atoms with Gasteiger partial charge >= 0.3 is 5.97 Å². The molecule has 5 aliphatic heterocycles. The third-order valence-corrected chi connectivity index (χ3v) is 23.6. The third-order valence-electron chi connectivity index (χ3n) is 23.6. The first-order valence-corrected chi connectivity index (χ1v) is 31.2. The Morgan fingerprint density at radius 1 is 0.517 bits per heavy atom. The van der Waals surface area contributed by atoms with Crippen LogP contribution in [0.15, 0.2) is 11.6 Å². The van der Waals surface area contributed by atoms with E-state index in [1.807, 2.05) is 6.92 Å². The smallest absolute Gasteiger partial charge is 0.315 e. The normalized spacial score (nSPS) is 55.1. The van der Waals surface area contributed by atoms with E-state index in [2.05, 4.69) is 40.7 Å². The van der Waals surface area contributed by atoms with Crippen molar-refractivity contribution in [1.29, 1.82) is 0 Å². The quantitative estimate of drug-likeness (QED) is 0.0463. The summed E-state index contributed by atoms with van der Waals surface area (Å²) in [5.74, 6) is -0.991. The first-order valence-electron chi connectivity index (χ1n) is 31.2. The molecule has 16 N–H and O–H groups in total. The monoisotopic (exact) mass is 1250 g/mol. The summed E-state index contributed by atoms with van der Waals surface area (Å²) in [5, 5.41) is 174. The van der Waals surface area contributed by atoms with Crippen molar-refractivity contribution in [2.24, 2.45) is 50.2 Å². The fourth-order valence-electron chi connectivity index (χ4n) is 17.8. The van der Waals surface area contributed by atoms with Crippen LogP contribution in [0.2, 0.25) is 0 Å². The molecule has 4 saturated carbocycles. The van der Waals surface area contributed by atoms with Crippen molar-refractivity contribution < 1.29 is 134 Å². The van der Waals surface area contributed by atoms with Gasteiger partial charge in [0.25, 0.3) is 0 Å². The molecular formula is C60H98O27. The molecule has 27 heteroatoms. The fourth-order valence-corrected chi connectivity index (χ4v) is 17.8. The van der Waals surface area contributed by atoms with Gasteiger partial charge in [-0.05, 0) is 117 Å². The highest BCUT2D eigenvalue weighted by Gasteiger charge is 2.71. The number of hydrogen-bond donors (Lipinski definition) is 16. The van der Waals surface area contributed by atoms with Crippen LogP contribution in [0.25, 0.3) is 0 Å². The van der Waals surface area contributed by atoms with E-state index in [4.69, 9.17) is 47.4 Å². The molecule has 10 rings (SSSR count). The second-order valence-corrected chi connectivity index (χ2v) is 28.9. The third kappa shape index (κ3) is 11.4. The average Bonchev–Trinajstić information content (AvgIpc) is 0.681. The van der Waals surface area contributed by atoms with Crippen molar-refractivity contribution in [3.8, 4) is 0 Å². The summed E-state index contributed by atoms with van der Waals surface area (Å²) in [6.45, 7) is 13.7. The van der Waals surface area contributed by atoms with Crippen LogP contribution in [0.1, 0.15) is 120 Å². The molecule has 34 atom stereocenters. The molecule has 0 spiro atoms. The number of carbonyl (C=O) groups is 1. The molecule has 27 nitrogen and oxygen atoms in total. The average molecular weight is 1250 g/mol. The standard InChI is InChI=1S/C60H98O27/c1-24-34(64)38(68)43(73)50(79-24)85-47-29(21-62)82-49(46(76)42(47)72)78-22-30-37(67)40(70)45(75)52(83-30)87-54(77)60-17-15-55(3,4)19-27(60)26-9-10-32-56(5)13-12-33(57(6,23-63)31(56)11-14-59(32,8)58(26,7)16-18-60)84-53-48(41(71)36(66)28(20-61)81-53)86-51-44(74)39(69)35(65)25(2)80-51/h9,24-25,27-53,61-76H,10-23H2,1-8H3. The number of allylic oxidation sites excluding steroid dienone is 2. The first kappa shape index (κ1) is 68.1. The highest BCUT2D eigenvalue weighted by atomic mass is 16.8. The van der Waals surface area contributed by atoms with E-state index in [1.54, 1.807) is 0 Å². The predicted molar refractivity (Wildman–Crippen MR) is 294 cm³/mol. The van der Waals surface area contributed by atoms with E-state index in [-0.39, 0.29) is 40.6 Å². The molecule has 5 heterocycles. The molecule has 0 aromatic carbocycles. The van der Waals surface area contributed by atoms with Gasteiger partial charge in [0.05, 0.1) is 50.2 Å². The van der Waals surface area contributed by atoms with Gasteiger partial charge in [0.15, 0.2) is 25.2 Å². The summed E-state index contributed by atoms with van der Waals surface area (Å²) in [7, 11) is 0. The largest absolute Gasteiger partial charge is 0.432 e. The summed E-state index contributed by atoms with van der Waals surface area (Å²) in [5.41, 5.74) is -2.17. The van der Waals surface area contributed by atoms with Crippen LogP contribution in [-0.2, 0) is 52.2 Å². The predicted octanol–water partition coefficient (Wildman–Crippen LogP) is -3.18. The Labute approximate surface area is 506 Å². The molecule has 5 aliphatic carbocycles. The molecule has 34 unspecified atom stereocenters. The van der Waals surface area contributed by atoms with Crippen molar-refractivity contribution in [2.45, 2.75) is 279 Å². The number of esters is 1. The minimum absolute atomic E-state index is 0.0808. The molecule has 9 fully saturated rings. The van der Waals surface area contributed by atoms with E-state index in [0.29, 0.717) is 57.8 Å². The molecule has 0 aromatic heterocycles. The summed E-state index contributed by atoms with van der Waals surface area (Å²) >= 11 is 0. The highest BCUT2D eigenvalue weighted by molar-refractivity contribution is 5.79. The van der Waals surface area contributed by atoms with Crippen molar-refractivity contribution >= 4 is 5.97 Å². The molecule has 10 aliphatic rings. The van der Waals surface area contributed by atoms with Crippen LogP contribution in [-0.4, -0.2) is 274 Å². The second-order valence-electron chi connectivity index (χ2n) is 28.9. The van der Waals surface area contributed by atoms with Gasteiger partial charge in [-0.25, -0.2) is 0 Å². The van der Waals surface area contributed by atoms with Gasteiger partial charge in [0, 0.05) is 5.41 Å². The minimum atomic E-state index is -1.91. The van der Waals surface area contributed by atoms with Gasteiger partial charge in [-0.3, -0.25) is 4.79 Å². The van der Waals surface area contributed by atoms with Crippen LogP contribution >= 0.6 is 0 Å². The zero-order valence-electron chi connectivity index (χ0n) is 50.9. The van der Waals surface area contributed by atoms with Crippen LogP contribution in [0.5, 0.6) is 0 Å². The van der Waals surface area contributed by atoms with Crippen LogP contribution < -0.4 is 0 Å². The van der Waals surface area contributed by atoms with Gasteiger partial charge in [-0.2, -0.15) is 0 Å². The van der Waals surface area contributed by atoms with E-state index < -0.39 is 202 Å². The molecule has 0 aromatic rings. The molecule has 5 saturated heterocycles. The Kier molecular flexibility index (Phi) is 19.7. The van der Waals surface area contributed by atoms with E-state index in [1.165, 1.54) is 13.8 Å². The minimum Gasteiger partial charge on any atom is -0.432 e. The fraction of sp³-hybridized carbons (Fsp3) is 0.950. The van der Waals surface area contributed by atoms with Crippen LogP contribution in [0.4, 0.5) is 0 Å². The Bertz CT molecular complexity index is 2420. The van der Waals surface area contributed by atoms with E-state index >= 15 is 4.79 Å². The SMILES string of the molecule is CC1OC(OC2C(CO)OC(OCC3OC(OC(=O)C45CCC(C)(C)CC4C4=CCC6C7(C)CCC(OC8OC(CO)C(O)C(O)C8OC8OC(C)C(O)C(O)C8O)C(C)(CO)C7CCC6(C)C4(C)CC5)C(O)C(O)C3O)C(O)C2O)C(O)C(O)C1O. The Balaban J connectivity index is 0.840. The maximum Gasteiger partial charge on any atom is 0.315 e. The summed E-state index contributed by atoms with van der Waals surface area (Å²) in [6, 6.07) is 0. The van der Waals surface area contributed by atoms with Gasteiger partial charge in [-0.1, -0.05) is 53.2 Å². The lowest BCUT2D eigenvalue weighted by atomic mass is 9.33. The first-order chi connectivity index (χ1) is 40.8. The molecule has 0 amide bonds. The molecule has 87 heavy (non-hydrogen) atoms. The number of fused-ring (bicyclic) bond motifs is 7. The number of carbonyl (C=O) groups excluding carboxylic acids is 1. The van der Waals surface area contributed by atoms with Crippen molar-refractivity contribution in [3.63, 3.8) is 0 Å². The lowest BCUT2D eigenvalue weighted by molar-refractivity contribution is -0.377. The topological polar surface area (TPSA) is 433 Å². The second kappa shape index (κ2) is 25.2. The summed E-state index contributed by atoms with van der Waals surface area (Å²) < 4.78 is 59.6. The molecule has 0 bridgehead atoms. The van der Waals surface area contributed by atoms with Crippen molar-refractivity contribution in [1.82, 2.24) is 0 Å². The lowest BCUT2D eigenvalue weighted by Gasteiger charge is -2.71. The Morgan fingerprint density at radius 3 is 1.66 bits per heavy atom. The Morgan fingerprint density at radius 2 is 1.05 bits per heavy atom. The van der Waals surface area contributed by atoms with Crippen LogP contribution in [0.3, 0.4) is 0 Å². The number of aliphatic hydroxyl groups excluding tert-OH is 16. The van der Waals surface area contributed by atoms with Crippen molar-refractivity contribution in [3.05, 3.63) is 11.6 Å². The number of aliphatic hydroxyl groups is 16. The number of rotatable bonds is 14. The Hall–Kier alpha value is -1.79. The van der Waals surface area contributed by atoms with E-state index in [0.717, 1.165) is 12.0 Å². The maximum atomic E-state index is 15.3. The zero-order chi connectivity index (χ0) is 63.6. The zero-order valence-corrected chi connectivity index (χ0v) is 50.9. The molecular weight excluding hydrogens is 1150 g/mol. The number of hydrogen-bond acceptors (Lipinski definition) is 27. The van der Waals surface area contributed by atoms with Gasteiger partial charge in [-0.15, -0.1) is 0 Å². The van der Waals surface area contributed by atoms with Crippen LogP contribution in [0, 0.1) is 50.2 Å². The highest BCUT2D eigenvalue weighted by Crippen LogP contribution is 2.76. The molecule has 0 radical (unpaired) electrons. The lowest BCUT2D eigenvalue weighted by Crippen LogP contribution is -2.67. The van der Waals surface area contributed by atoms with E-state index in [9.17, 15) is 81.7 Å². The summed E-state index contributed by atoms with van der Waals surface area (Å²) in [6.07, 6.45) is -32.4. The van der Waals surface area contributed by atoms with Gasteiger partial charge in [0.1, 0.15) is 110 Å². The van der Waals surface area contributed by atoms with Gasteiger partial charge in [0.2, 0.25) is 6.29 Å². The molecule has 500 valence electrons. The maximum absolute atomic E-state index is 15.3. The number of ether oxygens (including phenoxy) is 10. The summed E-state index contributed by atoms with van der Waals surface area (Å²) in [4.78, 5) is 15.3. The van der Waals surface area contributed by atoms with Gasteiger partial charge < -0.3 is 129 Å².